The third-order valence-corrected chi connectivity index (χ3v) is 4.86. The van der Waals surface area contributed by atoms with E-state index in [4.69, 9.17) is 0 Å². The quantitative estimate of drug-likeness (QED) is 0.740. The third kappa shape index (κ3) is 4.65. The van der Waals surface area contributed by atoms with Crippen LogP contribution in [0.4, 0.5) is 13.2 Å². The summed E-state index contributed by atoms with van der Waals surface area (Å²) in [5.74, 6) is -0.878. The number of carbonyl (C=O) groups excluding carboxylic acids is 3. The summed E-state index contributed by atoms with van der Waals surface area (Å²) in [4.78, 5) is 40.2. The molecule has 27 heavy (non-hydrogen) atoms. The monoisotopic (exact) mass is 383 g/mol. The molecule has 3 rings (SSSR count). The summed E-state index contributed by atoms with van der Waals surface area (Å²) in [6, 6.07) is 5.06. The van der Waals surface area contributed by atoms with Gasteiger partial charge in [0.2, 0.25) is 17.7 Å². The van der Waals surface area contributed by atoms with Gasteiger partial charge in [-0.25, -0.2) is 0 Å². The molecule has 2 fully saturated rings. The summed E-state index contributed by atoms with van der Waals surface area (Å²) in [5, 5.41) is 0. The number of hydrogen-bond donors (Lipinski definition) is 0. The Hall–Kier alpha value is -2.42. The van der Waals surface area contributed by atoms with Gasteiger partial charge < -0.3 is 4.90 Å². The Balaban J connectivity index is 1.48. The van der Waals surface area contributed by atoms with Gasteiger partial charge in [0.15, 0.2) is 0 Å². The SMILES string of the molecule is O=C(CN1C(=O)CCC1=O)N1CCN(Cc2ccc(C(F)(F)F)cc2)CC1. The summed E-state index contributed by atoms with van der Waals surface area (Å²) < 4.78 is 37.8. The summed E-state index contributed by atoms with van der Waals surface area (Å²) in [6.45, 7) is 2.36. The number of amides is 3. The zero-order valence-corrected chi connectivity index (χ0v) is 14.7. The number of benzene rings is 1. The molecule has 146 valence electrons. The normalized spacial score (nSPS) is 19.1. The molecule has 0 saturated carbocycles. The second-order valence-corrected chi connectivity index (χ2v) is 6.73. The second kappa shape index (κ2) is 7.67. The third-order valence-electron chi connectivity index (χ3n) is 4.86. The van der Waals surface area contributed by atoms with Gasteiger partial charge in [0.05, 0.1) is 5.56 Å². The Kier molecular flexibility index (Phi) is 5.50. The molecule has 2 heterocycles. The highest BCUT2D eigenvalue weighted by atomic mass is 19.4. The lowest BCUT2D eigenvalue weighted by atomic mass is 10.1. The number of carbonyl (C=O) groups is 3. The van der Waals surface area contributed by atoms with Crippen LogP contribution in [0.5, 0.6) is 0 Å². The largest absolute Gasteiger partial charge is 0.416 e. The number of piperazine rings is 1. The topological polar surface area (TPSA) is 60.9 Å². The van der Waals surface area contributed by atoms with Crippen LogP contribution in [0.25, 0.3) is 0 Å². The van der Waals surface area contributed by atoms with E-state index >= 15 is 0 Å². The van der Waals surface area contributed by atoms with E-state index in [0.29, 0.717) is 32.7 Å². The van der Waals surface area contributed by atoms with Gasteiger partial charge in [0.1, 0.15) is 6.54 Å². The van der Waals surface area contributed by atoms with E-state index in [1.54, 1.807) is 4.90 Å². The Morgan fingerprint density at radius 2 is 1.48 bits per heavy atom. The molecule has 0 unspecified atom stereocenters. The van der Waals surface area contributed by atoms with E-state index in [1.807, 2.05) is 0 Å². The average Bonchev–Trinajstić information content (AvgIpc) is 2.94. The maximum absolute atomic E-state index is 12.6. The summed E-state index contributed by atoms with van der Waals surface area (Å²) in [7, 11) is 0. The van der Waals surface area contributed by atoms with Crippen molar-refractivity contribution in [1.82, 2.24) is 14.7 Å². The summed E-state index contributed by atoms with van der Waals surface area (Å²) in [6.07, 6.45) is -4.03. The maximum Gasteiger partial charge on any atom is 0.416 e. The molecule has 0 aromatic heterocycles. The minimum absolute atomic E-state index is 0.160. The van der Waals surface area contributed by atoms with Crippen LogP contribution in [0.3, 0.4) is 0 Å². The Morgan fingerprint density at radius 3 is 2.00 bits per heavy atom. The fourth-order valence-corrected chi connectivity index (χ4v) is 3.25. The number of nitrogens with zero attached hydrogens (tertiary/aromatic N) is 3. The molecule has 0 radical (unpaired) electrons. The number of imide groups is 1. The molecule has 0 atom stereocenters. The van der Waals surface area contributed by atoms with Crippen molar-refractivity contribution in [3.8, 4) is 0 Å². The lowest BCUT2D eigenvalue weighted by molar-refractivity contribution is -0.146. The van der Waals surface area contributed by atoms with Crippen molar-refractivity contribution < 1.29 is 27.6 Å². The van der Waals surface area contributed by atoms with E-state index in [0.717, 1.165) is 22.6 Å². The van der Waals surface area contributed by atoms with Gasteiger partial charge in [0, 0.05) is 45.6 Å². The van der Waals surface area contributed by atoms with Gasteiger partial charge in [-0.1, -0.05) is 12.1 Å². The first-order valence-electron chi connectivity index (χ1n) is 8.73. The second-order valence-electron chi connectivity index (χ2n) is 6.73. The van der Waals surface area contributed by atoms with Crippen molar-refractivity contribution in [2.75, 3.05) is 32.7 Å². The van der Waals surface area contributed by atoms with Crippen LogP contribution < -0.4 is 0 Å². The maximum atomic E-state index is 12.6. The van der Waals surface area contributed by atoms with E-state index < -0.39 is 11.7 Å². The lowest BCUT2D eigenvalue weighted by Crippen LogP contribution is -2.51. The van der Waals surface area contributed by atoms with Crippen molar-refractivity contribution in [2.45, 2.75) is 25.6 Å². The molecule has 3 amide bonds. The van der Waals surface area contributed by atoms with Crippen molar-refractivity contribution in [3.63, 3.8) is 0 Å². The molecule has 1 aromatic rings. The van der Waals surface area contributed by atoms with Crippen LogP contribution in [-0.4, -0.2) is 65.1 Å². The molecule has 1 aromatic carbocycles. The molecular formula is C18H20F3N3O3. The molecule has 6 nitrogen and oxygen atoms in total. The van der Waals surface area contributed by atoms with Crippen molar-refractivity contribution >= 4 is 17.7 Å². The Labute approximate surface area is 154 Å². The van der Waals surface area contributed by atoms with Crippen LogP contribution in [0, 0.1) is 0 Å². The highest BCUT2D eigenvalue weighted by Gasteiger charge is 2.33. The first-order chi connectivity index (χ1) is 12.7. The first kappa shape index (κ1) is 19.3. The highest BCUT2D eigenvalue weighted by molar-refractivity contribution is 6.04. The zero-order valence-electron chi connectivity index (χ0n) is 14.7. The van der Waals surface area contributed by atoms with Crippen LogP contribution in [-0.2, 0) is 27.1 Å². The number of alkyl halides is 3. The van der Waals surface area contributed by atoms with E-state index in [1.165, 1.54) is 12.1 Å². The molecule has 2 aliphatic rings. The minimum atomic E-state index is -4.34. The molecular weight excluding hydrogens is 363 g/mol. The van der Waals surface area contributed by atoms with Gasteiger partial charge >= 0.3 is 6.18 Å². The molecule has 2 aliphatic heterocycles. The number of halogens is 3. The lowest BCUT2D eigenvalue weighted by Gasteiger charge is -2.35. The molecule has 0 spiro atoms. The van der Waals surface area contributed by atoms with Gasteiger partial charge in [-0.2, -0.15) is 13.2 Å². The Morgan fingerprint density at radius 1 is 0.926 bits per heavy atom. The molecule has 9 heteroatoms. The first-order valence-corrected chi connectivity index (χ1v) is 8.73. The number of rotatable bonds is 4. The number of hydrogen-bond acceptors (Lipinski definition) is 4. The van der Waals surface area contributed by atoms with Crippen LogP contribution >= 0.6 is 0 Å². The van der Waals surface area contributed by atoms with Crippen molar-refractivity contribution in [1.29, 1.82) is 0 Å². The van der Waals surface area contributed by atoms with Gasteiger partial charge in [-0.3, -0.25) is 24.2 Å². The predicted octanol–water partition coefficient (Wildman–Crippen LogP) is 1.50. The minimum Gasteiger partial charge on any atom is -0.339 e. The smallest absolute Gasteiger partial charge is 0.339 e. The van der Waals surface area contributed by atoms with E-state index in [-0.39, 0.29) is 37.1 Å². The van der Waals surface area contributed by atoms with Crippen molar-refractivity contribution in [2.24, 2.45) is 0 Å². The van der Waals surface area contributed by atoms with Gasteiger partial charge in [0.25, 0.3) is 0 Å². The van der Waals surface area contributed by atoms with Gasteiger partial charge in [-0.15, -0.1) is 0 Å². The molecule has 0 bridgehead atoms. The summed E-state index contributed by atoms with van der Waals surface area (Å²) in [5.41, 5.74) is 0.101. The highest BCUT2D eigenvalue weighted by Crippen LogP contribution is 2.29. The Bertz CT molecular complexity index is 710. The fourth-order valence-electron chi connectivity index (χ4n) is 3.25. The zero-order chi connectivity index (χ0) is 19.6. The van der Waals surface area contributed by atoms with Gasteiger partial charge in [-0.05, 0) is 17.7 Å². The van der Waals surface area contributed by atoms with Crippen LogP contribution in [0.15, 0.2) is 24.3 Å². The molecule has 2 saturated heterocycles. The molecule has 0 N–H and O–H groups in total. The average molecular weight is 383 g/mol. The fraction of sp³-hybridized carbons (Fsp3) is 0.500. The standard InChI is InChI=1S/C18H20F3N3O3/c19-18(20,21)14-3-1-13(2-4-14)11-22-7-9-23(10-8-22)17(27)12-24-15(25)5-6-16(24)26/h1-4H,5-12H2. The molecule has 0 aliphatic carbocycles. The van der Waals surface area contributed by atoms with Crippen molar-refractivity contribution in [3.05, 3.63) is 35.4 Å². The van der Waals surface area contributed by atoms with E-state index in [9.17, 15) is 27.6 Å². The van der Waals surface area contributed by atoms with Crippen LogP contribution in [0.2, 0.25) is 0 Å². The van der Waals surface area contributed by atoms with Crippen LogP contribution in [0.1, 0.15) is 24.0 Å². The summed E-state index contributed by atoms with van der Waals surface area (Å²) >= 11 is 0. The van der Waals surface area contributed by atoms with E-state index in [2.05, 4.69) is 4.90 Å². The predicted molar refractivity (Wildman–Crippen MR) is 89.3 cm³/mol. The number of likely N-dealkylation sites (tertiary alicyclic amines) is 1.